The van der Waals surface area contributed by atoms with Crippen molar-refractivity contribution in [1.82, 2.24) is 20.7 Å². The molecule has 3 aromatic rings. The van der Waals surface area contributed by atoms with E-state index in [0.29, 0.717) is 12.0 Å². The van der Waals surface area contributed by atoms with Crippen LogP contribution in [0, 0.1) is 0 Å². The van der Waals surface area contributed by atoms with Crippen molar-refractivity contribution in [1.29, 1.82) is 0 Å². The first kappa shape index (κ1) is 18.7. The van der Waals surface area contributed by atoms with Crippen LogP contribution in [0.15, 0.2) is 54.7 Å². The molecule has 0 radical (unpaired) electrons. The highest BCUT2D eigenvalue weighted by Gasteiger charge is 2.33. The standard InChI is InChI=1S/C21H20N4O4/c26-19-12-25(11-13-5-7-14(8-6-13)20(27)24-29)21(28)18(23-19)9-15-10-22-17-4-2-1-3-16(15)17/h1-8,10,18,22,29H,9,11-12H2,(H,23,26)(H,24,27)/t18-/m0/s1. The van der Waals surface area contributed by atoms with E-state index in [1.807, 2.05) is 30.5 Å². The van der Waals surface area contributed by atoms with Crippen molar-refractivity contribution in [2.24, 2.45) is 0 Å². The smallest absolute Gasteiger partial charge is 0.274 e. The molecular formula is C21H20N4O4. The van der Waals surface area contributed by atoms with Gasteiger partial charge in [-0.1, -0.05) is 30.3 Å². The molecule has 8 nitrogen and oxygen atoms in total. The molecule has 1 aliphatic heterocycles. The molecule has 1 aromatic heterocycles. The number of nitrogens with one attached hydrogen (secondary N) is 3. The second-order valence-corrected chi connectivity index (χ2v) is 7.02. The maximum atomic E-state index is 13.0. The summed E-state index contributed by atoms with van der Waals surface area (Å²) < 4.78 is 0. The average molecular weight is 392 g/mol. The van der Waals surface area contributed by atoms with Gasteiger partial charge in [0.05, 0.1) is 6.54 Å². The van der Waals surface area contributed by atoms with Gasteiger partial charge >= 0.3 is 0 Å². The average Bonchev–Trinajstić information content (AvgIpc) is 3.14. The fourth-order valence-electron chi connectivity index (χ4n) is 3.61. The van der Waals surface area contributed by atoms with Crippen molar-refractivity contribution in [3.63, 3.8) is 0 Å². The van der Waals surface area contributed by atoms with Crippen LogP contribution < -0.4 is 10.8 Å². The highest BCUT2D eigenvalue weighted by Crippen LogP contribution is 2.21. The molecular weight excluding hydrogens is 372 g/mol. The lowest BCUT2D eigenvalue weighted by Gasteiger charge is -2.32. The normalized spacial score (nSPS) is 16.7. The van der Waals surface area contributed by atoms with E-state index in [0.717, 1.165) is 22.0 Å². The number of carbonyl (C=O) groups is 3. The minimum atomic E-state index is -0.630. The molecule has 1 aliphatic rings. The van der Waals surface area contributed by atoms with Crippen LogP contribution in [0.3, 0.4) is 0 Å². The SMILES string of the molecule is O=C1CN(Cc2ccc(C(=O)NO)cc2)C(=O)[C@H](Cc2c[nH]c3ccccc23)N1. The number of fused-ring (bicyclic) bond motifs is 1. The predicted molar refractivity (Wildman–Crippen MR) is 105 cm³/mol. The summed E-state index contributed by atoms with van der Waals surface area (Å²) in [5, 5.41) is 12.5. The third-order valence-corrected chi connectivity index (χ3v) is 5.07. The zero-order valence-corrected chi connectivity index (χ0v) is 15.5. The molecule has 1 fully saturated rings. The Morgan fingerprint density at radius 1 is 1.14 bits per heavy atom. The topological polar surface area (TPSA) is 115 Å². The van der Waals surface area contributed by atoms with E-state index in [1.165, 1.54) is 4.90 Å². The number of hydrogen-bond acceptors (Lipinski definition) is 4. The molecule has 0 spiro atoms. The number of piperazine rings is 1. The molecule has 0 bridgehead atoms. The van der Waals surface area contributed by atoms with E-state index in [4.69, 9.17) is 5.21 Å². The van der Waals surface area contributed by atoms with E-state index < -0.39 is 11.9 Å². The number of hydroxylamine groups is 1. The Labute approximate surface area is 166 Å². The molecule has 3 amide bonds. The molecule has 0 unspecified atom stereocenters. The molecule has 0 aliphatic carbocycles. The van der Waals surface area contributed by atoms with E-state index >= 15 is 0 Å². The maximum Gasteiger partial charge on any atom is 0.274 e. The summed E-state index contributed by atoms with van der Waals surface area (Å²) in [5.41, 5.74) is 4.62. The van der Waals surface area contributed by atoms with Gasteiger partial charge in [0.25, 0.3) is 5.91 Å². The van der Waals surface area contributed by atoms with Gasteiger partial charge in [-0.2, -0.15) is 0 Å². The molecule has 8 heteroatoms. The minimum Gasteiger partial charge on any atom is -0.361 e. The molecule has 1 atom stereocenters. The Morgan fingerprint density at radius 2 is 1.90 bits per heavy atom. The Balaban J connectivity index is 1.49. The second-order valence-electron chi connectivity index (χ2n) is 7.02. The fourth-order valence-corrected chi connectivity index (χ4v) is 3.61. The van der Waals surface area contributed by atoms with E-state index in [2.05, 4.69) is 10.3 Å². The van der Waals surface area contributed by atoms with Crippen LogP contribution in [-0.2, 0) is 22.6 Å². The Morgan fingerprint density at radius 3 is 2.66 bits per heavy atom. The Hall–Kier alpha value is -3.65. The summed E-state index contributed by atoms with van der Waals surface area (Å²) in [4.78, 5) is 41.3. The number of hydrogen-bond donors (Lipinski definition) is 4. The number of benzene rings is 2. The van der Waals surface area contributed by atoms with Gasteiger partial charge in [0.15, 0.2) is 0 Å². The molecule has 1 saturated heterocycles. The number of carbonyl (C=O) groups excluding carboxylic acids is 3. The van der Waals surface area contributed by atoms with Crippen molar-refractivity contribution in [3.8, 4) is 0 Å². The number of nitrogens with zero attached hydrogens (tertiary/aromatic N) is 1. The van der Waals surface area contributed by atoms with Gasteiger partial charge in [-0.05, 0) is 29.3 Å². The number of rotatable bonds is 5. The van der Waals surface area contributed by atoms with Crippen molar-refractivity contribution >= 4 is 28.6 Å². The summed E-state index contributed by atoms with van der Waals surface area (Å²) in [7, 11) is 0. The zero-order valence-electron chi connectivity index (χ0n) is 15.5. The summed E-state index contributed by atoms with van der Waals surface area (Å²) in [6, 6.07) is 13.7. The van der Waals surface area contributed by atoms with Crippen LogP contribution in [0.2, 0.25) is 0 Å². The highest BCUT2D eigenvalue weighted by atomic mass is 16.5. The number of amides is 3. The highest BCUT2D eigenvalue weighted by molar-refractivity contribution is 5.96. The molecule has 4 N–H and O–H groups in total. The van der Waals surface area contributed by atoms with Crippen molar-refractivity contribution in [2.75, 3.05) is 6.54 Å². The van der Waals surface area contributed by atoms with Gasteiger partial charge in [-0.15, -0.1) is 0 Å². The van der Waals surface area contributed by atoms with Gasteiger partial charge in [-0.25, -0.2) is 5.48 Å². The Kier molecular flexibility index (Phi) is 5.01. The van der Waals surface area contributed by atoms with Crippen molar-refractivity contribution in [2.45, 2.75) is 19.0 Å². The summed E-state index contributed by atoms with van der Waals surface area (Å²) in [5.74, 6) is -0.957. The van der Waals surface area contributed by atoms with Crippen LogP contribution in [0.4, 0.5) is 0 Å². The van der Waals surface area contributed by atoms with Gasteiger partial charge in [0, 0.05) is 35.6 Å². The van der Waals surface area contributed by atoms with Gasteiger partial charge in [0.1, 0.15) is 6.04 Å². The summed E-state index contributed by atoms with van der Waals surface area (Å²) >= 11 is 0. The first-order chi connectivity index (χ1) is 14.0. The Bertz CT molecular complexity index is 1070. The largest absolute Gasteiger partial charge is 0.361 e. The molecule has 2 aromatic carbocycles. The first-order valence-electron chi connectivity index (χ1n) is 9.21. The van der Waals surface area contributed by atoms with Crippen LogP contribution in [0.5, 0.6) is 0 Å². The van der Waals surface area contributed by atoms with Crippen molar-refractivity contribution < 1.29 is 19.6 Å². The number of para-hydroxylation sites is 1. The lowest BCUT2D eigenvalue weighted by molar-refractivity contribution is -0.144. The maximum absolute atomic E-state index is 13.0. The molecule has 148 valence electrons. The summed E-state index contributed by atoms with van der Waals surface area (Å²) in [6.07, 6.45) is 2.27. The van der Waals surface area contributed by atoms with E-state index in [9.17, 15) is 14.4 Å². The predicted octanol–water partition coefficient (Wildman–Crippen LogP) is 1.36. The third-order valence-electron chi connectivity index (χ3n) is 5.07. The van der Waals surface area contributed by atoms with Gasteiger partial charge < -0.3 is 15.2 Å². The summed E-state index contributed by atoms with van der Waals surface area (Å²) in [6.45, 7) is 0.250. The number of aromatic amines is 1. The molecule has 29 heavy (non-hydrogen) atoms. The van der Waals surface area contributed by atoms with E-state index in [-0.39, 0.29) is 24.9 Å². The van der Waals surface area contributed by atoms with Crippen molar-refractivity contribution in [3.05, 3.63) is 71.4 Å². The molecule has 2 heterocycles. The van der Waals surface area contributed by atoms with Crippen LogP contribution >= 0.6 is 0 Å². The fraction of sp³-hybridized carbons (Fsp3) is 0.190. The first-order valence-corrected chi connectivity index (χ1v) is 9.21. The van der Waals surface area contributed by atoms with Crippen LogP contribution in [0.1, 0.15) is 21.5 Å². The van der Waals surface area contributed by atoms with Crippen LogP contribution in [0.25, 0.3) is 10.9 Å². The van der Waals surface area contributed by atoms with E-state index in [1.54, 1.807) is 29.7 Å². The second kappa shape index (κ2) is 7.76. The number of aromatic nitrogens is 1. The van der Waals surface area contributed by atoms with Gasteiger partial charge in [0.2, 0.25) is 11.8 Å². The lowest BCUT2D eigenvalue weighted by atomic mass is 10.0. The zero-order chi connectivity index (χ0) is 20.4. The number of H-pyrrole nitrogens is 1. The lowest BCUT2D eigenvalue weighted by Crippen LogP contribution is -2.58. The molecule has 0 saturated carbocycles. The molecule has 4 rings (SSSR count). The third kappa shape index (κ3) is 3.83. The quantitative estimate of drug-likeness (QED) is 0.388. The monoisotopic (exact) mass is 392 g/mol. The van der Waals surface area contributed by atoms with Crippen LogP contribution in [-0.4, -0.2) is 45.4 Å². The minimum absolute atomic E-state index is 0.0118. The van der Waals surface area contributed by atoms with Gasteiger partial charge in [-0.3, -0.25) is 19.6 Å².